The largest absolute Gasteiger partial charge is 0.465 e. The highest BCUT2D eigenvalue weighted by Crippen LogP contribution is 2.57. The van der Waals surface area contributed by atoms with Crippen molar-refractivity contribution in [2.24, 2.45) is 5.41 Å². The third-order valence-corrected chi connectivity index (χ3v) is 7.72. The third-order valence-electron chi connectivity index (χ3n) is 3.26. The van der Waals surface area contributed by atoms with Crippen molar-refractivity contribution >= 4 is 31.3 Å². The zero-order valence-corrected chi connectivity index (χ0v) is 17.2. The average molecular weight is 424 g/mol. The van der Waals surface area contributed by atoms with Crippen molar-refractivity contribution in [1.29, 1.82) is 0 Å². The molecule has 25 heavy (non-hydrogen) atoms. The molecule has 0 fully saturated rings. The molecule has 3 N–H and O–H groups in total. The predicted molar refractivity (Wildman–Crippen MR) is 91.1 cm³/mol. The summed E-state index contributed by atoms with van der Waals surface area (Å²) in [7, 11) is -12.7. The summed E-state index contributed by atoms with van der Waals surface area (Å²) < 4.78 is 63.2. The number of carbonyl (C=O) groups excluding carboxylic acids is 1. The highest BCUT2D eigenvalue weighted by molar-refractivity contribution is 7.86. The van der Waals surface area contributed by atoms with Gasteiger partial charge < -0.3 is 14.5 Å². The first kappa shape index (κ1) is 24.7. The Morgan fingerprint density at radius 3 is 2.16 bits per heavy atom. The van der Waals surface area contributed by atoms with Crippen LogP contribution < -0.4 is 0 Å². The van der Waals surface area contributed by atoms with Crippen LogP contribution in [0.25, 0.3) is 0 Å². The van der Waals surface area contributed by atoms with Gasteiger partial charge in [-0.3, -0.25) is 18.5 Å². The van der Waals surface area contributed by atoms with Gasteiger partial charge in [-0.15, -0.1) is 0 Å². The molecule has 0 bridgehead atoms. The number of hydrogen-bond donors (Lipinski definition) is 3. The Hall–Kier alpha value is -0.280. The van der Waals surface area contributed by atoms with Gasteiger partial charge in [-0.2, -0.15) is 8.42 Å². The van der Waals surface area contributed by atoms with Gasteiger partial charge in [-0.25, -0.2) is 4.31 Å². The first-order valence-corrected chi connectivity index (χ1v) is 12.8. The maximum absolute atomic E-state index is 12.1. The second kappa shape index (κ2) is 9.08. The van der Waals surface area contributed by atoms with Crippen LogP contribution in [0.1, 0.15) is 40.0 Å². The van der Waals surface area contributed by atoms with Crippen LogP contribution >= 0.6 is 15.2 Å². The van der Waals surface area contributed by atoms with E-state index in [1.165, 1.54) is 13.8 Å². The molecule has 0 aromatic heterocycles. The van der Waals surface area contributed by atoms with Crippen LogP contribution in [0, 0.1) is 5.41 Å². The first-order chi connectivity index (χ1) is 11.0. The minimum Gasteiger partial charge on any atom is -0.465 e. The van der Waals surface area contributed by atoms with Crippen molar-refractivity contribution < 1.29 is 45.7 Å². The molecule has 0 heterocycles. The summed E-state index contributed by atoms with van der Waals surface area (Å²) in [4.78, 5) is 30.4. The molecule has 3 unspecified atom stereocenters. The highest BCUT2D eigenvalue weighted by atomic mass is 32.2. The van der Waals surface area contributed by atoms with Crippen LogP contribution in [0.15, 0.2) is 0 Å². The molecule has 10 nitrogen and oxygen atoms in total. The number of ether oxygens (including phenoxy) is 1. The van der Waals surface area contributed by atoms with Crippen molar-refractivity contribution in [2.45, 2.75) is 45.3 Å². The topological polar surface area (TPSA) is 164 Å². The Bertz CT molecular complexity index is 651. The van der Waals surface area contributed by atoms with Crippen molar-refractivity contribution in [2.75, 3.05) is 19.4 Å². The van der Waals surface area contributed by atoms with Crippen molar-refractivity contribution in [3.63, 3.8) is 0 Å². The lowest BCUT2D eigenvalue weighted by molar-refractivity contribution is -0.154. The van der Waals surface area contributed by atoms with E-state index in [1.807, 2.05) is 0 Å². The number of esters is 1. The Morgan fingerprint density at radius 1 is 1.24 bits per heavy atom. The van der Waals surface area contributed by atoms with Gasteiger partial charge in [0.15, 0.2) is 0 Å². The molecule has 0 amide bonds. The summed E-state index contributed by atoms with van der Waals surface area (Å²) in [5.74, 6) is -0.730. The van der Waals surface area contributed by atoms with Gasteiger partial charge in [-0.1, -0.05) is 6.92 Å². The van der Waals surface area contributed by atoms with Crippen LogP contribution in [-0.2, 0) is 33.1 Å². The molecule has 3 atom stereocenters. The molecular weight excluding hydrogens is 398 g/mol. The third kappa shape index (κ3) is 10.5. The quantitative estimate of drug-likeness (QED) is 0.193. The zero-order valence-electron chi connectivity index (χ0n) is 14.6. The van der Waals surface area contributed by atoms with E-state index in [-0.39, 0.29) is 25.9 Å². The number of carbonyl (C=O) groups is 1. The number of hydrogen-bond acceptors (Lipinski definition) is 7. The predicted octanol–water partition coefficient (Wildman–Crippen LogP) is 2.02. The van der Waals surface area contributed by atoms with E-state index in [0.29, 0.717) is 0 Å². The van der Waals surface area contributed by atoms with Crippen molar-refractivity contribution in [3.8, 4) is 0 Å². The maximum Gasteiger partial charge on any atom is 0.335 e. The smallest absolute Gasteiger partial charge is 0.335 e. The van der Waals surface area contributed by atoms with Gasteiger partial charge in [0.25, 0.3) is 10.1 Å². The molecule has 0 rings (SSSR count). The number of rotatable bonds is 11. The first-order valence-electron chi connectivity index (χ1n) is 7.47. The summed E-state index contributed by atoms with van der Waals surface area (Å²) in [6.45, 7) is 5.01. The Balaban J connectivity index is 4.55. The van der Waals surface area contributed by atoms with Gasteiger partial charge in [0.1, 0.15) is 0 Å². The Morgan fingerprint density at radius 2 is 1.76 bits per heavy atom. The van der Waals surface area contributed by atoms with Gasteiger partial charge >= 0.3 is 21.2 Å². The minimum atomic E-state index is -4.29. The van der Waals surface area contributed by atoms with Gasteiger partial charge in [0, 0.05) is 6.66 Å². The fourth-order valence-corrected chi connectivity index (χ4v) is 5.81. The summed E-state index contributed by atoms with van der Waals surface area (Å²) in [5, 5.41) is -1.11. The van der Waals surface area contributed by atoms with Crippen molar-refractivity contribution in [1.82, 2.24) is 0 Å². The molecular formula is C12H26O10P2S. The van der Waals surface area contributed by atoms with Crippen LogP contribution in [0.2, 0.25) is 0 Å². The molecule has 0 aliphatic rings. The lowest BCUT2D eigenvalue weighted by Crippen LogP contribution is -2.34. The molecule has 0 aliphatic carbocycles. The van der Waals surface area contributed by atoms with E-state index in [0.717, 1.165) is 6.66 Å². The van der Waals surface area contributed by atoms with Gasteiger partial charge in [0.2, 0.25) is 0 Å². The van der Waals surface area contributed by atoms with E-state index in [4.69, 9.17) is 14.2 Å². The minimum absolute atomic E-state index is 0.0922. The zero-order chi connectivity index (χ0) is 20.1. The van der Waals surface area contributed by atoms with Crippen LogP contribution in [0.5, 0.6) is 0 Å². The summed E-state index contributed by atoms with van der Waals surface area (Å²) >= 11 is 0. The van der Waals surface area contributed by atoms with Crippen LogP contribution in [0.3, 0.4) is 0 Å². The van der Waals surface area contributed by atoms with E-state index < -0.39 is 48.1 Å². The van der Waals surface area contributed by atoms with E-state index in [2.05, 4.69) is 4.31 Å². The van der Waals surface area contributed by atoms with Gasteiger partial charge in [-0.05, 0) is 33.1 Å². The summed E-state index contributed by atoms with van der Waals surface area (Å²) in [5.41, 5.74) is -1.19. The average Bonchev–Trinajstić information content (AvgIpc) is 2.36. The second-order valence-corrected chi connectivity index (χ2v) is 12.0. The Labute approximate surface area is 147 Å². The Kier molecular flexibility index (Phi) is 8.98. The van der Waals surface area contributed by atoms with E-state index >= 15 is 0 Å². The van der Waals surface area contributed by atoms with Crippen LogP contribution in [0.4, 0.5) is 0 Å². The second-order valence-electron chi connectivity index (χ2n) is 6.37. The highest BCUT2D eigenvalue weighted by Gasteiger charge is 2.36. The SMILES string of the molecule is CCC(CC(C)(C)C(=O)OCCCP(=O)(O)OP(C)(=O)O)S(=O)(=O)O. The normalized spacial score (nSPS) is 18.8. The van der Waals surface area contributed by atoms with E-state index in [1.54, 1.807) is 6.92 Å². The lowest BCUT2D eigenvalue weighted by atomic mass is 9.87. The molecule has 0 aliphatic heterocycles. The molecule has 0 aromatic carbocycles. The monoisotopic (exact) mass is 424 g/mol. The van der Waals surface area contributed by atoms with Gasteiger partial charge in [0.05, 0.1) is 23.4 Å². The van der Waals surface area contributed by atoms with Crippen molar-refractivity contribution in [3.05, 3.63) is 0 Å². The lowest BCUT2D eigenvalue weighted by Gasteiger charge is -2.26. The summed E-state index contributed by atoms with van der Waals surface area (Å²) in [6.07, 6.45) is -0.599. The summed E-state index contributed by atoms with van der Waals surface area (Å²) in [6, 6.07) is 0. The molecule has 0 aromatic rings. The molecule has 0 saturated carbocycles. The molecule has 0 spiro atoms. The fourth-order valence-electron chi connectivity index (χ4n) is 2.01. The molecule has 0 radical (unpaired) electrons. The van der Waals surface area contributed by atoms with Crippen LogP contribution in [-0.4, -0.2) is 53.4 Å². The fraction of sp³-hybridized carbons (Fsp3) is 0.917. The standard InChI is InChI=1S/C12H26O10P2S/c1-5-10(25(18,19)20)9-12(2,3)11(13)21-7-6-8-24(16,17)22-23(4,14)15/h10H,5-9H2,1-4H3,(H,14,15)(H,16,17)(H,18,19,20). The van der Waals surface area contributed by atoms with E-state index in [9.17, 15) is 27.2 Å². The molecule has 150 valence electrons. The maximum atomic E-state index is 12.1. The molecule has 13 heteroatoms. The molecule has 0 saturated heterocycles.